The third kappa shape index (κ3) is 1.55. The highest BCUT2D eigenvalue weighted by Gasteiger charge is 2.04. The Morgan fingerprint density at radius 3 is 3.00 bits per heavy atom. The first-order chi connectivity index (χ1) is 6.31. The molecular formula is C10H10ClNO. The van der Waals surface area contributed by atoms with E-state index in [2.05, 4.69) is 0 Å². The van der Waals surface area contributed by atoms with Crippen molar-refractivity contribution in [3.8, 4) is 0 Å². The summed E-state index contributed by atoms with van der Waals surface area (Å²) in [4.78, 5) is 0. The summed E-state index contributed by atoms with van der Waals surface area (Å²) in [5.74, 6) is 0. The minimum Gasteiger partial charge on any atom is -0.464 e. The summed E-state index contributed by atoms with van der Waals surface area (Å²) in [5, 5.41) is 1.80. The van der Waals surface area contributed by atoms with E-state index in [1.54, 1.807) is 6.26 Å². The van der Waals surface area contributed by atoms with Crippen molar-refractivity contribution in [1.29, 1.82) is 0 Å². The van der Waals surface area contributed by atoms with Gasteiger partial charge in [0.2, 0.25) is 0 Å². The van der Waals surface area contributed by atoms with Crippen LogP contribution in [0.2, 0.25) is 5.02 Å². The van der Waals surface area contributed by atoms with Crippen LogP contribution < -0.4 is 5.73 Å². The van der Waals surface area contributed by atoms with E-state index in [-0.39, 0.29) is 0 Å². The lowest BCUT2D eigenvalue weighted by atomic mass is 10.1. The maximum absolute atomic E-state index is 5.82. The van der Waals surface area contributed by atoms with Gasteiger partial charge in [0, 0.05) is 10.4 Å². The molecule has 1 aromatic carbocycles. The molecule has 0 amide bonds. The lowest BCUT2D eigenvalue weighted by molar-refractivity contribution is 0.610. The lowest BCUT2D eigenvalue weighted by Gasteiger charge is -1.93. The number of halogens is 1. The Balaban J connectivity index is 2.55. The van der Waals surface area contributed by atoms with Crippen molar-refractivity contribution in [1.82, 2.24) is 0 Å². The smallest absolute Gasteiger partial charge is 0.135 e. The molecule has 0 spiro atoms. The first-order valence-corrected chi connectivity index (χ1v) is 4.55. The molecule has 0 fully saturated rings. The van der Waals surface area contributed by atoms with Crippen LogP contribution in [-0.2, 0) is 6.42 Å². The van der Waals surface area contributed by atoms with E-state index in [9.17, 15) is 0 Å². The average molecular weight is 196 g/mol. The quantitative estimate of drug-likeness (QED) is 0.800. The molecule has 2 nitrogen and oxygen atoms in total. The first-order valence-electron chi connectivity index (χ1n) is 4.17. The normalized spacial score (nSPS) is 10.9. The largest absolute Gasteiger partial charge is 0.464 e. The molecule has 0 saturated carbocycles. The van der Waals surface area contributed by atoms with Crippen LogP contribution in [-0.4, -0.2) is 6.54 Å². The third-order valence-electron chi connectivity index (χ3n) is 2.03. The van der Waals surface area contributed by atoms with Gasteiger partial charge in [-0.2, -0.15) is 0 Å². The minimum absolute atomic E-state index is 0.636. The van der Waals surface area contributed by atoms with Crippen LogP contribution >= 0.6 is 11.6 Å². The van der Waals surface area contributed by atoms with E-state index >= 15 is 0 Å². The van der Waals surface area contributed by atoms with Gasteiger partial charge in [0.05, 0.1) is 6.26 Å². The molecule has 3 heteroatoms. The van der Waals surface area contributed by atoms with Gasteiger partial charge in [-0.3, -0.25) is 0 Å². The molecule has 68 valence electrons. The number of furan rings is 1. The standard InChI is InChI=1S/C10H10ClNO/c11-8-1-2-9-7(3-4-12)6-13-10(9)5-8/h1-2,5-6H,3-4,12H2. The summed E-state index contributed by atoms with van der Waals surface area (Å²) in [7, 11) is 0. The Labute approximate surface area is 81.3 Å². The van der Waals surface area contributed by atoms with E-state index in [1.165, 1.54) is 0 Å². The number of fused-ring (bicyclic) bond motifs is 1. The second kappa shape index (κ2) is 3.40. The average Bonchev–Trinajstić information content (AvgIpc) is 2.49. The van der Waals surface area contributed by atoms with E-state index in [4.69, 9.17) is 21.8 Å². The highest BCUT2D eigenvalue weighted by atomic mass is 35.5. The van der Waals surface area contributed by atoms with E-state index in [1.807, 2.05) is 18.2 Å². The van der Waals surface area contributed by atoms with Gasteiger partial charge in [0.15, 0.2) is 0 Å². The zero-order valence-electron chi connectivity index (χ0n) is 7.09. The summed E-state index contributed by atoms with van der Waals surface area (Å²) in [6.45, 7) is 0.636. The van der Waals surface area contributed by atoms with Gasteiger partial charge in [-0.15, -0.1) is 0 Å². The molecule has 1 aromatic heterocycles. The highest BCUT2D eigenvalue weighted by molar-refractivity contribution is 6.31. The summed E-state index contributed by atoms with van der Waals surface area (Å²) < 4.78 is 5.34. The molecule has 1 heterocycles. The van der Waals surface area contributed by atoms with Crippen molar-refractivity contribution >= 4 is 22.6 Å². The fourth-order valence-electron chi connectivity index (χ4n) is 1.41. The molecule has 0 aliphatic rings. The SMILES string of the molecule is NCCc1coc2cc(Cl)ccc12. The highest BCUT2D eigenvalue weighted by Crippen LogP contribution is 2.24. The molecule has 0 radical (unpaired) electrons. The number of benzene rings is 1. The van der Waals surface area contributed by atoms with Crippen molar-refractivity contribution in [2.45, 2.75) is 6.42 Å². The third-order valence-corrected chi connectivity index (χ3v) is 2.27. The topological polar surface area (TPSA) is 39.2 Å². The summed E-state index contributed by atoms with van der Waals surface area (Å²) in [6, 6.07) is 5.64. The van der Waals surface area contributed by atoms with E-state index in [0.717, 1.165) is 23.0 Å². The van der Waals surface area contributed by atoms with Gasteiger partial charge in [0.25, 0.3) is 0 Å². The molecule has 0 bridgehead atoms. The summed E-state index contributed by atoms with van der Waals surface area (Å²) in [5.41, 5.74) is 7.45. The second-order valence-electron chi connectivity index (χ2n) is 2.94. The second-order valence-corrected chi connectivity index (χ2v) is 3.38. The molecule has 0 saturated heterocycles. The summed E-state index contributed by atoms with van der Waals surface area (Å²) in [6.07, 6.45) is 2.59. The van der Waals surface area contributed by atoms with Crippen LogP contribution in [0.3, 0.4) is 0 Å². The zero-order valence-corrected chi connectivity index (χ0v) is 7.84. The molecule has 2 rings (SSSR count). The van der Waals surface area contributed by atoms with Crippen LogP contribution in [0.25, 0.3) is 11.0 Å². The summed E-state index contributed by atoms with van der Waals surface area (Å²) >= 11 is 5.82. The Morgan fingerprint density at radius 2 is 2.23 bits per heavy atom. The lowest BCUT2D eigenvalue weighted by Crippen LogP contribution is -2.01. The van der Waals surface area contributed by atoms with Gasteiger partial charge in [-0.25, -0.2) is 0 Å². The molecule has 0 atom stereocenters. The van der Waals surface area contributed by atoms with Gasteiger partial charge < -0.3 is 10.2 Å². The number of hydrogen-bond donors (Lipinski definition) is 1. The van der Waals surface area contributed by atoms with Crippen LogP contribution in [0, 0.1) is 0 Å². The Kier molecular flexibility index (Phi) is 2.25. The monoisotopic (exact) mass is 195 g/mol. The first kappa shape index (κ1) is 8.60. The Hall–Kier alpha value is -0.990. The number of rotatable bonds is 2. The van der Waals surface area contributed by atoms with Crippen molar-refractivity contribution in [3.63, 3.8) is 0 Å². The van der Waals surface area contributed by atoms with Crippen molar-refractivity contribution < 1.29 is 4.42 Å². The van der Waals surface area contributed by atoms with Crippen LogP contribution in [0.1, 0.15) is 5.56 Å². The molecule has 2 N–H and O–H groups in total. The molecule has 2 aromatic rings. The molecule has 0 unspecified atom stereocenters. The van der Waals surface area contributed by atoms with Gasteiger partial charge in [-0.1, -0.05) is 11.6 Å². The van der Waals surface area contributed by atoms with Crippen LogP contribution in [0.5, 0.6) is 0 Å². The maximum Gasteiger partial charge on any atom is 0.135 e. The minimum atomic E-state index is 0.636. The molecule has 0 aliphatic heterocycles. The van der Waals surface area contributed by atoms with Gasteiger partial charge in [-0.05, 0) is 36.7 Å². The van der Waals surface area contributed by atoms with Crippen molar-refractivity contribution in [2.24, 2.45) is 5.73 Å². The fraction of sp³-hybridized carbons (Fsp3) is 0.200. The maximum atomic E-state index is 5.82. The van der Waals surface area contributed by atoms with E-state index in [0.29, 0.717) is 11.6 Å². The predicted octanol–water partition coefficient (Wildman–Crippen LogP) is 2.59. The Morgan fingerprint density at radius 1 is 1.38 bits per heavy atom. The van der Waals surface area contributed by atoms with Crippen molar-refractivity contribution in [3.05, 3.63) is 35.0 Å². The number of hydrogen-bond acceptors (Lipinski definition) is 2. The van der Waals surface area contributed by atoms with Crippen LogP contribution in [0.4, 0.5) is 0 Å². The predicted molar refractivity (Wildman–Crippen MR) is 54.0 cm³/mol. The molecule has 0 aliphatic carbocycles. The van der Waals surface area contributed by atoms with Gasteiger partial charge >= 0.3 is 0 Å². The van der Waals surface area contributed by atoms with E-state index < -0.39 is 0 Å². The zero-order chi connectivity index (χ0) is 9.26. The van der Waals surface area contributed by atoms with Crippen LogP contribution in [0.15, 0.2) is 28.9 Å². The number of nitrogens with two attached hydrogens (primary N) is 1. The fourth-order valence-corrected chi connectivity index (χ4v) is 1.57. The van der Waals surface area contributed by atoms with Crippen molar-refractivity contribution in [2.75, 3.05) is 6.54 Å². The van der Waals surface area contributed by atoms with Gasteiger partial charge in [0.1, 0.15) is 5.58 Å². The molecule has 13 heavy (non-hydrogen) atoms. The Bertz CT molecular complexity index is 422. The molecular weight excluding hydrogens is 186 g/mol.